The Bertz CT molecular complexity index is 653. The van der Waals surface area contributed by atoms with Crippen LogP contribution in [0.25, 0.3) is 0 Å². The van der Waals surface area contributed by atoms with Crippen LogP contribution >= 0.6 is 0 Å². The first-order valence-corrected chi connectivity index (χ1v) is 7.98. The van der Waals surface area contributed by atoms with Gasteiger partial charge in [0.25, 0.3) is 5.91 Å². The highest BCUT2D eigenvalue weighted by Gasteiger charge is 2.45. The quantitative estimate of drug-likeness (QED) is 0.488. The fourth-order valence-corrected chi connectivity index (χ4v) is 3.20. The van der Waals surface area contributed by atoms with Crippen molar-refractivity contribution in [1.29, 1.82) is 0 Å². The third-order valence-corrected chi connectivity index (χ3v) is 4.48. The van der Waals surface area contributed by atoms with Crippen molar-refractivity contribution in [3.8, 4) is 0 Å². The van der Waals surface area contributed by atoms with Crippen LogP contribution in [-0.2, 0) is 4.79 Å². The largest absolute Gasteiger partial charge is 0.328 e. The average molecular weight is 312 g/mol. The Kier molecular flexibility index (Phi) is 4.28. The van der Waals surface area contributed by atoms with Crippen LogP contribution in [0.1, 0.15) is 36.5 Å². The van der Waals surface area contributed by atoms with Crippen LogP contribution in [0.4, 0.5) is 4.79 Å². The summed E-state index contributed by atoms with van der Waals surface area (Å²) in [4.78, 5) is 40.1. The Morgan fingerprint density at radius 2 is 1.96 bits per heavy atom. The van der Waals surface area contributed by atoms with Crippen molar-refractivity contribution in [2.75, 3.05) is 6.54 Å². The van der Waals surface area contributed by atoms with Crippen LogP contribution in [0.15, 0.2) is 42.5 Å². The molecule has 23 heavy (non-hydrogen) atoms. The zero-order chi connectivity index (χ0) is 16.4. The number of hydrogen-bond donors (Lipinski definition) is 0. The molecule has 2 unspecified atom stereocenters. The van der Waals surface area contributed by atoms with Gasteiger partial charge in [-0.25, -0.2) is 4.79 Å². The Labute approximate surface area is 135 Å². The van der Waals surface area contributed by atoms with Crippen molar-refractivity contribution in [2.24, 2.45) is 0 Å². The number of nitrogens with zero attached hydrogens (tertiary/aromatic N) is 2. The number of amides is 3. The molecule has 5 heteroatoms. The highest BCUT2D eigenvalue weighted by Crippen LogP contribution is 2.26. The number of imide groups is 1. The minimum Gasteiger partial charge on any atom is -0.306 e. The number of rotatable bonds is 4. The van der Waals surface area contributed by atoms with Gasteiger partial charge in [0.15, 0.2) is 5.78 Å². The highest BCUT2D eigenvalue weighted by atomic mass is 16.2. The molecule has 1 aromatic rings. The van der Waals surface area contributed by atoms with Gasteiger partial charge >= 0.3 is 6.03 Å². The summed E-state index contributed by atoms with van der Waals surface area (Å²) in [5.41, 5.74) is 0.511. The highest BCUT2D eigenvalue weighted by molar-refractivity contribution is 6.09. The van der Waals surface area contributed by atoms with Crippen molar-refractivity contribution < 1.29 is 14.4 Å². The maximum atomic E-state index is 12.6. The molecule has 1 aliphatic heterocycles. The predicted molar refractivity (Wildman–Crippen MR) is 86.0 cm³/mol. The number of urea groups is 1. The first-order valence-electron chi connectivity index (χ1n) is 7.98. The van der Waals surface area contributed by atoms with Gasteiger partial charge < -0.3 is 4.90 Å². The van der Waals surface area contributed by atoms with Crippen LogP contribution in [-0.4, -0.2) is 46.1 Å². The Balaban J connectivity index is 1.76. The van der Waals surface area contributed by atoms with E-state index in [2.05, 4.69) is 6.08 Å². The van der Waals surface area contributed by atoms with Gasteiger partial charge in [-0.2, -0.15) is 0 Å². The van der Waals surface area contributed by atoms with Crippen LogP contribution in [0, 0.1) is 0 Å². The lowest BCUT2D eigenvalue weighted by atomic mass is 10.0. The third-order valence-electron chi connectivity index (χ3n) is 4.48. The van der Waals surface area contributed by atoms with Crippen molar-refractivity contribution in [3.63, 3.8) is 0 Å². The van der Waals surface area contributed by atoms with Crippen LogP contribution in [0.5, 0.6) is 0 Å². The Morgan fingerprint density at radius 3 is 2.61 bits per heavy atom. The van der Waals surface area contributed by atoms with Crippen LogP contribution < -0.4 is 0 Å². The molecule has 2 atom stereocenters. The van der Waals surface area contributed by atoms with Gasteiger partial charge in [-0.3, -0.25) is 14.5 Å². The molecule has 1 aliphatic carbocycles. The number of carbonyl (C=O) groups is 3. The van der Waals surface area contributed by atoms with Gasteiger partial charge in [0, 0.05) is 5.56 Å². The lowest BCUT2D eigenvalue weighted by molar-refractivity contribution is -0.127. The second kappa shape index (κ2) is 6.36. The summed E-state index contributed by atoms with van der Waals surface area (Å²) in [5, 5.41) is 0. The molecular weight excluding hydrogens is 292 g/mol. The van der Waals surface area contributed by atoms with Crippen LogP contribution in [0.2, 0.25) is 0 Å². The fraction of sp³-hybridized carbons (Fsp3) is 0.389. The van der Waals surface area contributed by atoms with E-state index in [9.17, 15) is 14.4 Å². The molecule has 0 bridgehead atoms. The molecule has 0 N–H and O–H groups in total. The molecule has 2 aliphatic rings. The van der Waals surface area contributed by atoms with E-state index in [1.165, 1.54) is 0 Å². The minimum atomic E-state index is -0.515. The summed E-state index contributed by atoms with van der Waals surface area (Å²) in [7, 11) is 0. The zero-order valence-corrected chi connectivity index (χ0v) is 13.1. The number of allylic oxidation sites excluding steroid dienone is 1. The van der Waals surface area contributed by atoms with Crippen molar-refractivity contribution in [3.05, 3.63) is 48.0 Å². The lowest BCUT2D eigenvalue weighted by Crippen LogP contribution is -2.42. The number of carbonyl (C=O) groups excluding carboxylic acids is 3. The molecule has 1 heterocycles. The van der Waals surface area contributed by atoms with E-state index in [1.807, 2.05) is 12.1 Å². The first kappa shape index (κ1) is 15.5. The molecule has 0 aromatic heterocycles. The van der Waals surface area contributed by atoms with Gasteiger partial charge in [0.05, 0.1) is 12.6 Å². The average Bonchev–Trinajstić information content (AvgIpc) is 2.80. The van der Waals surface area contributed by atoms with Crippen molar-refractivity contribution in [2.45, 2.75) is 38.3 Å². The SMILES string of the molecule is CC1C(=O)N(CC(=O)c2ccccc2)C(=O)N1C1C=CCCC1. The molecule has 1 fully saturated rings. The van der Waals surface area contributed by atoms with E-state index >= 15 is 0 Å². The number of hydrogen-bond acceptors (Lipinski definition) is 3. The standard InChI is InChI=1S/C18H20N2O3/c1-13-17(22)19(12-16(21)14-8-4-2-5-9-14)18(23)20(13)15-10-6-3-7-11-15/h2,4-6,8-10,13,15H,3,7,11-12H2,1H3. The van der Waals surface area contributed by atoms with Crippen molar-refractivity contribution >= 4 is 17.7 Å². The molecule has 3 amide bonds. The van der Waals surface area contributed by atoms with Gasteiger partial charge in [-0.05, 0) is 26.2 Å². The molecule has 5 nitrogen and oxygen atoms in total. The summed E-state index contributed by atoms with van der Waals surface area (Å²) >= 11 is 0. The molecule has 0 saturated carbocycles. The third kappa shape index (κ3) is 2.91. The number of Topliss-reactive ketones (excluding diaryl/α,β-unsaturated/α-hetero) is 1. The first-order chi connectivity index (χ1) is 11.1. The smallest absolute Gasteiger partial charge is 0.306 e. The summed E-state index contributed by atoms with van der Waals surface area (Å²) in [5.74, 6) is -0.515. The molecule has 0 radical (unpaired) electrons. The summed E-state index contributed by atoms with van der Waals surface area (Å²) < 4.78 is 0. The molecule has 0 spiro atoms. The Morgan fingerprint density at radius 1 is 1.22 bits per heavy atom. The van der Waals surface area contributed by atoms with E-state index in [1.54, 1.807) is 36.1 Å². The topological polar surface area (TPSA) is 57.7 Å². The summed E-state index contributed by atoms with van der Waals surface area (Å²) in [6.07, 6.45) is 6.93. The number of ketones is 1. The monoisotopic (exact) mass is 312 g/mol. The van der Waals surface area contributed by atoms with E-state index in [-0.39, 0.29) is 30.3 Å². The Hall–Kier alpha value is -2.43. The van der Waals surface area contributed by atoms with E-state index in [0.717, 1.165) is 24.2 Å². The van der Waals surface area contributed by atoms with Gasteiger partial charge in [0.2, 0.25) is 0 Å². The van der Waals surface area contributed by atoms with E-state index < -0.39 is 6.04 Å². The zero-order valence-electron chi connectivity index (χ0n) is 13.1. The normalized spacial score (nSPS) is 24.4. The van der Waals surface area contributed by atoms with Crippen molar-refractivity contribution in [1.82, 2.24) is 9.80 Å². The molecule has 120 valence electrons. The van der Waals surface area contributed by atoms with Gasteiger partial charge in [-0.15, -0.1) is 0 Å². The van der Waals surface area contributed by atoms with Gasteiger partial charge in [-0.1, -0.05) is 42.5 Å². The number of benzene rings is 1. The second-order valence-electron chi connectivity index (χ2n) is 6.01. The van der Waals surface area contributed by atoms with Gasteiger partial charge in [0.1, 0.15) is 6.04 Å². The van der Waals surface area contributed by atoms with E-state index in [4.69, 9.17) is 0 Å². The maximum absolute atomic E-state index is 12.6. The minimum absolute atomic E-state index is 0.0490. The molecule has 1 aromatic carbocycles. The summed E-state index contributed by atoms with van der Waals surface area (Å²) in [6.45, 7) is 1.54. The predicted octanol–water partition coefficient (Wildman–Crippen LogP) is 2.63. The fourth-order valence-electron chi connectivity index (χ4n) is 3.20. The lowest BCUT2D eigenvalue weighted by Gasteiger charge is -2.29. The molecule has 3 rings (SSSR count). The molecular formula is C18H20N2O3. The summed E-state index contributed by atoms with van der Waals surface area (Å²) in [6, 6.07) is 7.82. The second-order valence-corrected chi connectivity index (χ2v) is 6.01. The molecule has 1 saturated heterocycles. The maximum Gasteiger partial charge on any atom is 0.328 e. The van der Waals surface area contributed by atoms with E-state index in [0.29, 0.717) is 5.56 Å². The van der Waals surface area contributed by atoms with Crippen LogP contribution in [0.3, 0.4) is 0 Å².